The molecule has 4 N–H and O–H groups in total. The number of nitrogens with zero attached hydrogens (tertiary/aromatic N) is 3. The van der Waals surface area contributed by atoms with Crippen LogP contribution in [0.3, 0.4) is 0 Å². The lowest BCUT2D eigenvalue weighted by atomic mass is 9.74. The zero-order valence-corrected chi connectivity index (χ0v) is 22.4. The van der Waals surface area contributed by atoms with Crippen molar-refractivity contribution < 1.29 is 24.5 Å². The van der Waals surface area contributed by atoms with Gasteiger partial charge in [0.25, 0.3) is 11.8 Å². The van der Waals surface area contributed by atoms with Gasteiger partial charge in [0, 0.05) is 12.8 Å². The van der Waals surface area contributed by atoms with Gasteiger partial charge in [-0.05, 0) is 43.7 Å². The second-order valence-electron chi connectivity index (χ2n) is 10.9. The highest BCUT2D eigenvalue weighted by molar-refractivity contribution is 6.43. The fraction of sp³-hybridized carbons (Fsp3) is 0.556. The van der Waals surface area contributed by atoms with E-state index in [9.17, 15) is 19.6 Å². The predicted molar refractivity (Wildman–Crippen MR) is 144 cm³/mol. The summed E-state index contributed by atoms with van der Waals surface area (Å²) in [5, 5.41) is 34.1. The standard InChI is InChI=1S/C27H38BN5O5/c1-18(2)13-24(28(36)37)30-26(35)27(15-20-9-5-4-6-10-20)16-21(32-38-27)17-29-25(34)23-14-19(3)31-33(23)22-11-7-8-12-22/h4-6,9-10,14,18,22,24,36-37H,7-8,11-13,15-17H2,1-3H3,(H,29,34)(H,30,35). The van der Waals surface area contributed by atoms with Crippen LogP contribution in [-0.2, 0) is 16.1 Å². The van der Waals surface area contributed by atoms with E-state index >= 15 is 0 Å². The summed E-state index contributed by atoms with van der Waals surface area (Å²) < 4.78 is 1.84. The molecule has 0 spiro atoms. The number of benzene rings is 1. The summed E-state index contributed by atoms with van der Waals surface area (Å²) in [5.41, 5.74) is 1.36. The van der Waals surface area contributed by atoms with Gasteiger partial charge in [0.2, 0.25) is 5.60 Å². The van der Waals surface area contributed by atoms with Gasteiger partial charge in [-0.25, -0.2) is 0 Å². The van der Waals surface area contributed by atoms with Crippen molar-refractivity contribution in [1.82, 2.24) is 20.4 Å². The molecule has 2 unspecified atom stereocenters. The smallest absolute Gasteiger partial charge is 0.426 e. The van der Waals surface area contributed by atoms with Crippen molar-refractivity contribution in [2.75, 3.05) is 6.54 Å². The Balaban J connectivity index is 1.46. The number of oxime groups is 1. The maximum atomic E-state index is 13.5. The first-order chi connectivity index (χ1) is 18.2. The molecule has 0 saturated heterocycles. The molecule has 2 heterocycles. The summed E-state index contributed by atoms with van der Waals surface area (Å²) in [6.45, 7) is 5.88. The molecular formula is C27H38BN5O5. The molecule has 10 nitrogen and oxygen atoms in total. The summed E-state index contributed by atoms with van der Waals surface area (Å²) in [4.78, 5) is 32.4. The summed E-state index contributed by atoms with van der Waals surface area (Å²) >= 11 is 0. The summed E-state index contributed by atoms with van der Waals surface area (Å²) in [6.07, 6.45) is 5.09. The topological polar surface area (TPSA) is 138 Å². The minimum Gasteiger partial charge on any atom is -0.426 e. The lowest BCUT2D eigenvalue weighted by Crippen LogP contribution is -2.56. The molecule has 1 aliphatic heterocycles. The van der Waals surface area contributed by atoms with Gasteiger partial charge in [-0.1, -0.05) is 62.2 Å². The highest BCUT2D eigenvalue weighted by Gasteiger charge is 2.48. The summed E-state index contributed by atoms with van der Waals surface area (Å²) in [7, 11) is -1.70. The molecule has 1 saturated carbocycles. The maximum absolute atomic E-state index is 13.5. The van der Waals surface area contributed by atoms with E-state index in [4.69, 9.17) is 4.84 Å². The number of nitrogens with one attached hydrogen (secondary N) is 2. The van der Waals surface area contributed by atoms with Gasteiger partial charge >= 0.3 is 7.12 Å². The fourth-order valence-electron chi connectivity index (χ4n) is 5.31. The molecule has 4 rings (SSSR count). The van der Waals surface area contributed by atoms with Crippen molar-refractivity contribution in [2.45, 2.75) is 83.3 Å². The van der Waals surface area contributed by atoms with Crippen LogP contribution in [0.4, 0.5) is 0 Å². The molecule has 1 aromatic heterocycles. The van der Waals surface area contributed by atoms with E-state index in [2.05, 4.69) is 20.9 Å². The molecule has 2 aliphatic rings. The molecule has 204 valence electrons. The number of carbonyl (C=O) groups excluding carboxylic acids is 2. The number of hydrogen-bond acceptors (Lipinski definition) is 7. The number of amides is 2. The molecule has 2 aromatic rings. The Morgan fingerprint density at radius 1 is 1.21 bits per heavy atom. The highest BCUT2D eigenvalue weighted by atomic mass is 16.7. The Hall–Kier alpha value is -3.18. The summed E-state index contributed by atoms with van der Waals surface area (Å²) in [5.74, 6) is -1.42. The number of hydrogen-bond donors (Lipinski definition) is 4. The Morgan fingerprint density at radius 2 is 1.92 bits per heavy atom. The van der Waals surface area contributed by atoms with Crippen LogP contribution in [-0.4, -0.2) is 62.6 Å². The zero-order valence-electron chi connectivity index (χ0n) is 22.4. The lowest BCUT2D eigenvalue weighted by molar-refractivity contribution is -0.144. The SMILES string of the molecule is Cc1cc(C(=O)NCC2=NOC(Cc3ccccc3)(C(=O)NC(CC(C)C)B(O)O)C2)n(C2CCCC2)n1. The molecule has 2 amide bonds. The Kier molecular flexibility index (Phi) is 8.89. The lowest BCUT2D eigenvalue weighted by Gasteiger charge is -2.29. The van der Waals surface area contributed by atoms with Gasteiger partial charge in [-0.2, -0.15) is 5.10 Å². The Labute approximate surface area is 224 Å². The van der Waals surface area contributed by atoms with Gasteiger partial charge in [0.05, 0.1) is 29.9 Å². The van der Waals surface area contributed by atoms with Crippen molar-refractivity contribution in [3.63, 3.8) is 0 Å². The molecule has 0 radical (unpaired) electrons. The van der Waals surface area contributed by atoms with Crippen molar-refractivity contribution in [2.24, 2.45) is 11.1 Å². The fourth-order valence-corrected chi connectivity index (χ4v) is 5.31. The normalized spacial score (nSPS) is 20.2. The second-order valence-corrected chi connectivity index (χ2v) is 10.9. The molecule has 1 fully saturated rings. The Morgan fingerprint density at radius 3 is 2.58 bits per heavy atom. The maximum Gasteiger partial charge on any atom is 0.475 e. The molecule has 1 aliphatic carbocycles. The van der Waals surface area contributed by atoms with Crippen molar-refractivity contribution >= 4 is 24.6 Å². The van der Waals surface area contributed by atoms with Gasteiger partial charge in [-0.15, -0.1) is 0 Å². The number of rotatable bonds is 11. The summed E-state index contributed by atoms with van der Waals surface area (Å²) in [6, 6.07) is 11.5. The van der Waals surface area contributed by atoms with Crippen LogP contribution in [0.15, 0.2) is 41.6 Å². The van der Waals surface area contributed by atoms with E-state index in [0.29, 0.717) is 17.8 Å². The second kappa shape index (κ2) is 12.1. The van der Waals surface area contributed by atoms with Crippen LogP contribution in [0.25, 0.3) is 0 Å². The number of aromatic nitrogens is 2. The van der Waals surface area contributed by atoms with E-state index in [0.717, 1.165) is 36.9 Å². The van der Waals surface area contributed by atoms with Crippen LogP contribution >= 0.6 is 0 Å². The van der Waals surface area contributed by atoms with E-state index in [1.165, 1.54) is 0 Å². The van der Waals surface area contributed by atoms with Crippen LogP contribution in [0.2, 0.25) is 0 Å². The van der Waals surface area contributed by atoms with E-state index in [-0.39, 0.29) is 37.3 Å². The average molecular weight is 523 g/mol. The molecular weight excluding hydrogens is 485 g/mol. The third-order valence-electron chi connectivity index (χ3n) is 7.20. The van der Waals surface area contributed by atoms with Gasteiger partial charge in [0.1, 0.15) is 5.69 Å². The highest BCUT2D eigenvalue weighted by Crippen LogP contribution is 2.31. The molecule has 0 bridgehead atoms. The van der Waals surface area contributed by atoms with Crippen molar-refractivity contribution in [1.29, 1.82) is 0 Å². The first kappa shape index (κ1) is 27.8. The van der Waals surface area contributed by atoms with Crippen molar-refractivity contribution in [3.05, 3.63) is 53.3 Å². The minimum atomic E-state index is -1.70. The molecule has 2 atom stereocenters. The number of carbonyl (C=O) groups is 2. The van der Waals surface area contributed by atoms with Gasteiger partial charge < -0.3 is 25.5 Å². The molecule has 38 heavy (non-hydrogen) atoms. The molecule has 11 heteroatoms. The van der Waals surface area contributed by atoms with E-state index in [1.807, 2.05) is 55.8 Å². The van der Waals surface area contributed by atoms with Gasteiger partial charge in [-0.3, -0.25) is 14.3 Å². The van der Waals surface area contributed by atoms with E-state index in [1.54, 1.807) is 6.07 Å². The Bertz CT molecular complexity index is 1150. The third kappa shape index (κ3) is 6.63. The first-order valence-electron chi connectivity index (χ1n) is 13.5. The van der Waals surface area contributed by atoms with E-state index < -0.39 is 24.6 Å². The zero-order chi connectivity index (χ0) is 27.3. The van der Waals surface area contributed by atoms with Crippen molar-refractivity contribution in [3.8, 4) is 0 Å². The molecule has 1 aromatic carbocycles. The first-order valence-corrected chi connectivity index (χ1v) is 13.5. The minimum absolute atomic E-state index is 0.121. The van der Waals surface area contributed by atoms with Crippen LogP contribution in [0, 0.1) is 12.8 Å². The number of aryl methyl sites for hydroxylation is 1. The quantitative estimate of drug-likeness (QED) is 0.334. The van der Waals surface area contributed by atoms with Crippen LogP contribution in [0.5, 0.6) is 0 Å². The predicted octanol–water partition coefficient (Wildman–Crippen LogP) is 2.34. The largest absolute Gasteiger partial charge is 0.475 e. The third-order valence-corrected chi connectivity index (χ3v) is 7.20. The van der Waals surface area contributed by atoms with Crippen LogP contribution < -0.4 is 10.6 Å². The average Bonchev–Trinajstić information content (AvgIpc) is 3.63. The van der Waals surface area contributed by atoms with Gasteiger partial charge in [0.15, 0.2) is 0 Å². The monoisotopic (exact) mass is 523 g/mol. The van der Waals surface area contributed by atoms with Crippen LogP contribution in [0.1, 0.15) is 80.2 Å².